The molecule has 0 fully saturated rings. The van der Waals surface area contributed by atoms with Crippen LogP contribution in [0.1, 0.15) is 22.8 Å². The zero-order valence-electron chi connectivity index (χ0n) is 12.3. The van der Waals surface area contributed by atoms with E-state index in [-0.39, 0.29) is 28.2 Å². The fraction of sp³-hybridized carbons (Fsp3) is 0.188. The van der Waals surface area contributed by atoms with Gasteiger partial charge in [0.15, 0.2) is 0 Å². The molecule has 7 heteroatoms. The van der Waals surface area contributed by atoms with Gasteiger partial charge in [-0.1, -0.05) is 35.3 Å². The highest BCUT2D eigenvalue weighted by Crippen LogP contribution is 2.22. The Morgan fingerprint density at radius 2 is 1.87 bits per heavy atom. The van der Waals surface area contributed by atoms with Crippen LogP contribution in [0.3, 0.4) is 0 Å². The molecular weight excluding hydrogens is 339 g/mol. The third kappa shape index (κ3) is 4.68. The van der Waals surface area contributed by atoms with E-state index in [4.69, 9.17) is 23.2 Å². The first-order chi connectivity index (χ1) is 10.9. The Hall–Kier alpha value is -2.11. The number of rotatable bonds is 5. The van der Waals surface area contributed by atoms with Gasteiger partial charge in [-0.05, 0) is 37.1 Å². The van der Waals surface area contributed by atoms with Gasteiger partial charge in [0.05, 0.1) is 15.5 Å². The van der Waals surface area contributed by atoms with Gasteiger partial charge in [-0.2, -0.15) is 0 Å². The highest BCUT2D eigenvalue weighted by molar-refractivity contribution is 6.34. The van der Waals surface area contributed by atoms with Crippen LogP contribution in [0.4, 0.5) is 5.69 Å². The van der Waals surface area contributed by atoms with Crippen molar-refractivity contribution in [2.75, 3.05) is 0 Å². The number of hydrogen-bond acceptors (Lipinski definition) is 3. The predicted octanol–water partition coefficient (Wildman–Crippen LogP) is 4.26. The molecule has 5 nitrogen and oxygen atoms in total. The zero-order valence-corrected chi connectivity index (χ0v) is 13.8. The number of halogens is 2. The average molecular weight is 353 g/mol. The van der Waals surface area contributed by atoms with Gasteiger partial charge in [0.2, 0.25) is 0 Å². The first-order valence-electron chi connectivity index (χ1n) is 6.86. The maximum atomic E-state index is 12.2. The number of hydrogen-bond donors (Lipinski definition) is 1. The van der Waals surface area contributed by atoms with Crippen LogP contribution in [0.5, 0.6) is 0 Å². The fourth-order valence-corrected chi connectivity index (χ4v) is 2.51. The van der Waals surface area contributed by atoms with Crippen LogP contribution in [0.15, 0.2) is 42.5 Å². The van der Waals surface area contributed by atoms with Crippen molar-refractivity contribution in [3.63, 3.8) is 0 Å². The summed E-state index contributed by atoms with van der Waals surface area (Å²) in [5.74, 6) is -0.369. The summed E-state index contributed by atoms with van der Waals surface area (Å²) in [5, 5.41) is 14.2. The number of nitrogens with one attached hydrogen (secondary N) is 1. The normalized spacial score (nSPS) is 11.8. The minimum absolute atomic E-state index is 0.0513. The molecule has 0 aliphatic carbocycles. The SMILES string of the molecule is C[C@@H](Cc1ccc(Cl)cc1)NC(=O)c1ccc([N+](=O)[O-])cc1Cl. The maximum Gasteiger partial charge on any atom is 0.270 e. The number of nitro groups is 1. The van der Waals surface area contributed by atoms with Crippen molar-refractivity contribution < 1.29 is 9.72 Å². The summed E-state index contributed by atoms with van der Waals surface area (Å²) in [6, 6.07) is 11.0. The van der Waals surface area contributed by atoms with Crippen LogP contribution < -0.4 is 5.32 Å². The van der Waals surface area contributed by atoms with Crippen LogP contribution in [0.25, 0.3) is 0 Å². The standard InChI is InChI=1S/C16H14Cl2N2O3/c1-10(8-11-2-4-12(17)5-3-11)19-16(21)14-7-6-13(20(22)23)9-15(14)18/h2-7,9-10H,8H2,1H3,(H,19,21)/t10-/m0/s1. The largest absolute Gasteiger partial charge is 0.349 e. The lowest BCUT2D eigenvalue weighted by atomic mass is 10.1. The molecule has 0 saturated heterocycles. The molecule has 0 radical (unpaired) electrons. The summed E-state index contributed by atoms with van der Waals surface area (Å²) in [5.41, 5.74) is 1.10. The van der Waals surface area contributed by atoms with E-state index < -0.39 is 4.92 Å². The number of nitro benzene ring substituents is 1. The van der Waals surface area contributed by atoms with Crippen LogP contribution >= 0.6 is 23.2 Å². The number of carbonyl (C=O) groups is 1. The van der Waals surface area contributed by atoms with Gasteiger partial charge >= 0.3 is 0 Å². The Balaban J connectivity index is 2.03. The Labute approximate surface area is 143 Å². The molecule has 2 rings (SSSR count). The topological polar surface area (TPSA) is 72.2 Å². The third-order valence-corrected chi connectivity index (χ3v) is 3.81. The quantitative estimate of drug-likeness (QED) is 0.645. The smallest absolute Gasteiger partial charge is 0.270 e. The van der Waals surface area contributed by atoms with E-state index >= 15 is 0 Å². The van der Waals surface area contributed by atoms with Crippen molar-refractivity contribution in [1.29, 1.82) is 0 Å². The van der Waals surface area contributed by atoms with Crippen LogP contribution in [-0.4, -0.2) is 16.9 Å². The molecule has 0 aromatic heterocycles. The van der Waals surface area contributed by atoms with Gasteiger partial charge in [-0.25, -0.2) is 0 Å². The van der Waals surface area contributed by atoms with Gasteiger partial charge in [-0.15, -0.1) is 0 Å². The molecule has 0 heterocycles. The van der Waals surface area contributed by atoms with Gasteiger partial charge in [-0.3, -0.25) is 14.9 Å². The lowest BCUT2D eigenvalue weighted by Crippen LogP contribution is -2.34. The molecule has 0 spiro atoms. The molecule has 2 aromatic carbocycles. The van der Waals surface area contributed by atoms with Crippen LogP contribution in [0, 0.1) is 10.1 Å². The zero-order chi connectivity index (χ0) is 17.0. The molecule has 0 aliphatic heterocycles. The van der Waals surface area contributed by atoms with Crippen molar-refractivity contribution >= 4 is 34.8 Å². The van der Waals surface area contributed by atoms with E-state index in [1.54, 1.807) is 12.1 Å². The minimum atomic E-state index is -0.559. The summed E-state index contributed by atoms with van der Waals surface area (Å²) in [7, 11) is 0. The second-order valence-corrected chi connectivity index (χ2v) is 5.97. The molecule has 120 valence electrons. The van der Waals surface area contributed by atoms with E-state index in [1.165, 1.54) is 18.2 Å². The molecule has 1 atom stereocenters. The molecule has 2 aromatic rings. The Morgan fingerprint density at radius 1 is 1.22 bits per heavy atom. The van der Waals surface area contributed by atoms with Crippen molar-refractivity contribution in [3.8, 4) is 0 Å². The van der Waals surface area contributed by atoms with E-state index in [9.17, 15) is 14.9 Å². The lowest BCUT2D eigenvalue weighted by molar-refractivity contribution is -0.384. The van der Waals surface area contributed by atoms with Crippen molar-refractivity contribution in [3.05, 3.63) is 73.8 Å². The number of carbonyl (C=O) groups excluding carboxylic acids is 1. The number of non-ortho nitro benzene ring substituents is 1. The second-order valence-electron chi connectivity index (χ2n) is 5.13. The average Bonchev–Trinajstić information content (AvgIpc) is 2.49. The molecule has 1 N–H and O–H groups in total. The van der Waals surface area contributed by atoms with E-state index in [2.05, 4.69) is 5.32 Å². The highest BCUT2D eigenvalue weighted by Gasteiger charge is 2.16. The number of benzene rings is 2. The fourth-order valence-electron chi connectivity index (χ4n) is 2.13. The minimum Gasteiger partial charge on any atom is -0.349 e. The number of amides is 1. The molecule has 23 heavy (non-hydrogen) atoms. The van der Waals surface area contributed by atoms with Crippen molar-refractivity contribution in [1.82, 2.24) is 5.32 Å². The third-order valence-electron chi connectivity index (χ3n) is 3.24. The summed E-state index contributed by atoms with van der Waals surface area (Å²) < 4.78 is 0. The summed E-state index contributed by atoms with van der Waals surface area (Å²) in [6.07, 6.45) is 0.632. The van der Waals surface area contributed by atoms with Gasteiger partial charge in [0.1, 0.15) is 0 Å². The van der Waals surface area contributed by atoms with Crippen LogP contribution in [0.2, 0.25) is 10.0 Å². The van der Waals surface area contributed by atoms with E-state index in [0.29, 0.717) is 11.4 Å². The maximum absolute atomic E-state index is 12.2. The van der Waals surface area contributed by atoms with E-state index in [0.717, 1.165) is 5.56 Å². The Kier molecular flexibility index (Phi) is 5.58. The Bertz CT molecular complexity index is 733. The van der Waals surface area contributed by atoms with E-state index in [1.807, 2.05) is 19.1 Å². The van der Waals surface area contributed by atoms with Gasteiger partial charge < -0.3 is 5.32 Å². The molecular formula is C16H14Cl2N2O3. The molecule has 0 saturated carbocycles. The first-order valence-corrected chi connectivity index (χ1v) is 7.61. The van der Waals surface area contributed by atoms with Gasteiger partial charge in [0, 0.05) is 23.2 Å². The summed E-state index contributed by atoms with van der Waals surface area (Å²) in [4.78, 5) is 22.3. The second kappa shape index (κ2) is 7.44. The van der Waals surface area contributed by atoms with Gasteiger partial charge in [0.25, 0.3) is 11.6 Å². The highest BCUT2D eigenvalue weighted by atomic mass is 35.5. The van der Waals surface area contributed by atoms with Crippen LogP contribution in [-0.2, 0) is 6.42 Å². The van der Waals surface area contributed by atoms with Crippen molar-refractivity contribution in [2.24, 2.45) is 0 Å². The first kappa shape index (κ1) is 17.2. The molecule has 0 aliphatic rings. The summed E-state index contributed by atoms with van der Waals surface area (Å²) in [6.45, 7) is 1.87. The lowest BCUT2D eigenvalue weighted by Gasteiger charge is -2.14. The predicted molar refractivity (Wildman–Crippen MR) is 90.2 cm³/mol. The molecule has 1 amide bonds. The molecule has 0 bridgehead atoms. The Morgan fingerprint density at radius 3 is 2.43 bits per heavy atom. The molecule has 0 unspecified atom stereocenters. The monoisotopic (exact) mass is 352 g/mol. The summed E-state index contributed by atoms with van der Waals surface area (Å²) >= 11 is 11.8. The van der Waals surface area contributed by atoms with Crippen molar-refractivity contribution in [2.45, 2.75) is 19.4 Å². The number of nitrogens with zero attached hydrogens (tertiary/aromatic N) is 1.